The van der Waals surface area contributed by atoms with Gasteiger partial charge in [-0.25, -0.2) is 14.5 Å². The number of fused-ring (bicyclic) bond motifs is 1. The minimum Gasteiger partial charge on any atom is -0.406 e. The monoisotopic (exact) mass is 361 g/mol. The molecule has 0 saturated heterocycles. The topological polar surface area (TPSA) is 78.7 Å². The predicted molar refractivity (Wildman–Crippen MR) is 88.8 cm³/mol. The van der Waals surface area contributed by atoms with E-state index < -0.39 is 5.76 Å². The number of halogens is 2. The lowest BCUT2D eigenvalue weighted by Gasteiger charge is -2.03. The Morgan fingerprint density at radius 2 is 2.08 bits per heavy atom. The molecule has 0 fully saturated rings. The van der Waals surface area contributed by atoms with E-state index in [2.05, 4.69) is 15.3 Å². The van der Waals surface area contributed by atoms with Gasteiger partial charge in [0.2, 0.25) is 0 Å². The van der Waals surface area contributed by atoms with Crippen molar-refractivity contribution in [2.45, 2.75) is 6.54 Å². The summed E-state index contributed by atoms with van der Waals surface area (Å²) >= 11 is 12.1. The summed E-state index contributed by atoms with van der Waals surface area (Å²) in [7, 11) is 0. The maximum atomic E-state index is 12.0. The van der Waals surface area contributed by atoms with Crippen molar-refractivity contribution in [1.29, 1.82) is 0 Å². The molecule has 0 N–H and O–H groups in total. The number of oxazole rings is 1. The average Bonchev–Trinajstić information content (AvgIpc) is 3.13. The van der Waals surface area contributed by atoms with E-state index >= 15 is 0 Å². The maximum Gasteiger partial charge on any atom is 0.421 e. The lowest BCUT2D eigenvalue weighted by Crippen LogP contribution is -2.15. The van der Waals surface area contributed by atoms with Crippen LogP contribution in [0.3, 0.4) is 0 Å². The van der Waals surface area contributed by atoms with Crippen molar-refractivity contribution in [2.75, 3.05) is 0 Å². The Morgan fingerprint density at radius 1 is 1.21 bits per heavy atom. The first-order chi connectivity index (χ1) is 11.6. The van der Waals surface area contributed by atoms with Gasteiger partial charge in [-0.3, -0.25) is 4.57 Å². The fraction of sp³-hybridized carbons (Fsp3) is 0.0667. The highest BCUT2D eigenvalue weighted by Gasteiger charge is 2.13. The van der Waals surface area contributed by atoms with Crippen LogP contribution in [0.5, 0.6) is 0 Å². The molecule has 0 spiro atoms. The summed E-state index contributed by atoms with van der Waals surface area (Å²) < 4.78 is 8.07. The minimum absolute atomic E-state index is 0.189. The van der Waals surface area contributed by atoms with E-state index in [1.54, 1.807) is 42.7 Å². The summed E-state index contributed by atoms with van der Waals surface area (Å²) in [5.74, 6) is -0.497. The normalized spacial score (nSPS) is 11.2. The zero-order valence-corrected chi connectivity index (χ0v) is 13.6. The van der Waals surface area contributed by atoms with Crippen molar-refractivity contribution in [3.8, 4) is 5.69 Å². The van der Waals surface area contributed by atoms with Crippen LogP contribution in [0.4, 0.5) is 0 Å². The molecule has 120 valence electrons. The molecular weight excluding hydrogens is 353 g/mol. The Bertz CT molecular complexity index is 1100. The highest BCUT2D eigenvalue weighted by atomic mass is 35.5. The molecule has 0 aliphatic rings. The highest BCUT2D eigenvalue weighted by molar-refractivity contribution is 6.35. The third kappa shape index (κ3) is 2.57. The third-order valence-electron chi connectivity index (χ3n) is 3.44. The molecule has 4 rings (SSSR count). The van der Waals surface area contributed by atoms with Crippen LogP contribution in [-0.2, 0) is 6.54 Å². The highest BCUT2D eigenvalue weighted by Crippen LogP contribution is 2.23. The van der Waals surface area contributed by atoms with Gasteiger partial charge in [-0.1, -0.05) is 28.4 Å². The Kier molecular flexibility index (Phi) is 3.59. The Morgan fingerprint density at radius 3 is 2.92 bits per heavy atom. The molecule has 0 aliphatic heterocycles. The van der Waals surface area contributed by atoms with Gasteiger partial charge in [0.15, 0.2) is 11.2 Å². The van der Waals surface area contributed by atoms with Crippen molar-refractivity contribution >= 4 is 34.4 Å². The van der Waals surface area contributed by atoms with Crippen molar-refractivity contribution in [3.63, 3.8) is 0 Å². The van der Waals surface area contributed by atoms with Gasteiger partial charge in [0.25, 0.3) is 0 Å². The molecule has 0 saturated carbocycles. The van der Waals surface area contributed by atoms with Crippen LogP contribution < -0.4 is 5.76 Å². The second kappa shape index (κ2) is 5.77. The molecule has 0 atom stereocenters. The van der Waals surface area contributed by atoms with Gasteiger partial charge >= 0.3 is 5.76 Å². The van der Waals surface area contributed by atoms with Crippen LogP contribution in [0.25, 0.3) is 16.9 Å². The SMILES string of the molecule is O=c1oc2cccnc2n1Cc1cn(-c2ccc(Cl)cc2Cl)nn1. The van der Waals surface area contributed by atoms with Crippen LogP contribution in [0.15, 0.2) is 51.9 Å². The molecule has 0 aliphatic carbocycles. The van der Waals surface area contributed by atoms with E-state index in [1.807, 2.05) is 0 Å². The van der Waals surface area contributed by atoms with Gasteiger partial charge in [0, 0.05) is 11.2 Å². The zero-order chi connectivity index (χ0) is 16.7. The van der Waals surface area contributed by atoms with Gasteiger partial charge in [-0.15, -0.1) is 5.10 Å². The van der Waals surface area contributed by atoms with Gasteiger partial charge in [0.05, 0.1) is 23.5 Å². The first-order valence-electron chi connectivity index (χ1n) is 6.93. The standard InChI is InChI=1S/C15H9Cl2N5O2/c16-9-3-4-12(11(17)6-9)22-8-10(19-20-22)7-21-14-13(24-15(21)23)2-1-5-18-14/h1-6,8H,7H2. The zero-order valence-electron chi connectivity index (χ0n) is 12.1. The molecule has 9 heteroatoms. The first-order valence-corrected chi connectivity index (χ1v) is 7.68. The summed E-state index contributed by atoms with van der Waals surface area (Å²) in [6.45, 7) is 0.189. The lowest BCUT2D eigenvalue weighted by molar-refractivity contribution is 0.515. The number of aromatic nitrogens is 5. The predicted octanol–water partition coefficient (Wildman–Crippen LogP) is 2.93. The number of benzene rings is 1. The van der Waals surface area contributed by atoms with Gasteiger partial charge in [-0.2, -0.15) is 0 Å². The molecule has 4 aromatic rings. The second-order valence-corrected chi connectivity index (χ2v) is 5.87. The first kappa shape index (κ1) is 14.9. The molecule has 3 aromatic heterocycles. The molecule has 3 heterocycles. The summed E-state index contributed by atoms with van der Waals surface area (Å²) in [5.41, 5.74) is 2.09. The van der Waals surface area contributed by atoms with Crippen molar-refractivity contribution in [2.24, 2.45) is 0 Å². The summed E-state index contributed by atoms with van der Waals surface area (Å²) in [5, 5.41) is 9.10. The van der Waals surface area contributed by atoms with Gasteiger partial charge < -0.3 is 4.42 Å². The van der Waals surface area contributed by atoms with Crippen LogP contribution in [0.1, 0.15) is 5.69 Å². The molecular formula is C15H9Cl2N5O2. The van der Waals surface area contributed by atoms with E-state index in [0.29, 0.717) is 32.7 Å². The van der Waals surface area contributed by atoms with Crippen LogP contribution in [0.2, 0.25) is 10.0 Å². The maximum absolute atomic E-state index is 12.0. The molecule has 1 aromatic carbocycles. The number of hydrogen-bond donors (Lipinski definition) is 0. The molecule has 7 nitrogen and oxygen atoms in total. The van der Waals surface area contributed by atoms with Crippen molar-refractivity contribution in [3.05, 3.63) is 69.0 Å². The van der Waals surface area contributed by atoms with Crippen molar-refractivity contribution < 1.29 is 4.42 Å². The van der Waals surface area contributed by atoms with E-state index in [0.717, 1.165) is 0 Å². The van der Waals surface area contributed by atoms with Gasteiger partial charge in [-0.05, 0) is 30.3 Å². The minimum atomic E-state index is -0.497. The fourth-order valence-corrected chi connectivity index (χ4v) is 2.85. The Hall–Kier alpha value is -2.64. The summed E-state index contributed by atoms with van der Waals surface area (Å²) in [6, 6.07) is 8.46. The lowest BCUT2D eigenvalue weighted by atomic mass is 10.3. The van der Waals surface area contributed by atoms with E-state index in [1.165, 1.54) is 9.25 Å². The molecule has 0 unspecified atom stereocenters. The molecule has 0 bridgehead atoms. The summed E-state index contributed by atoms with van der Waals surface area (Å²) in [6.07, 6.45) is 3.28. The quantitative estimate of drug-likeness (QED) is 0.560. The number of hydrogen-bond acceptors (Lipinski definition) is 5. The van der Waals surface area contributed by atoms with Crippen molar-refractivity contribution in [1.82, 2.24) is 24.5 Å². The van der Waals surface area contributed by atoms with Crippen LogP contribution >= 0.6 is 23.2 Å². The average molecular weight is 362 g/mol. The Labute approximate surface area is 145 Å². The Balaban J connectivity index is 1.70. The van der Waals surface area contributed by atoms with E-state index in [-0.39, 0.29) is 6.54 Å². The molecule has 24 heavy (non-hydrogen) atoms. The molecule has 0 amide bonds. The van der Waals surface area contributed by atoms with Crippen LogP contribution in [-0.4, -0.2) is 24.5 Å². The fourth-order valence-electron chi connectivity index (χ4n) is 2.36. The number of nitrogens with zero attached hydrogens (tertiary/aromatic N) is 5. The van der Waals surface area contributed by atoms with E-state index in [9.17, 15) is 4.79 Å². The largest absolute Gasteiger partial charge is 0.421 e. The molecule has 0 radical (unpaired) electrons. The van der Waals surface area contributed by atoms with Crippen LogP contribution in [0, 0.1) is 0 Å². The number of pyridine rings is 1. The number of rotatable bonds is 3. The van der Waals surface area contributed by atoms with Gasteiger partial charge in [0.1, 0.15) is 5.69 Å². The third-order valence-corrected chi connectivity index (χ3v) is 3.98. The second-order valence-electron chi connectivity index (χ2n) is 5.03. The smallest absolute Gasteiger partial charge is 0.406 e. The van der Waals surface area contributed by atoms with E-state index in [4.69, 9.17) is 27.6 Å². The summed E-state index contributed by atoms with van der Waals surface area (Å²) in [4.78, 5) is 16.1.